The number of rotatable bonds is 4. The molecule has 2 nitrogen and oxygen atoms in total. The van der Waals surface area contributed by atoms with Gasteiger partial charge in [-0.2, -0.15) is 13.2 Å². The van der Waals surface area contributed by atoms with E-state index in [1.54, 1.807) is 11.3 Å². The zero-order valence-corrected chi connectivity index (χ0v) is 16.2. The van der Waals surface area contributed by atoms with Crippen molar-refractivity contribution in [2.45, 2.75) is 44.4 Å². The van der Waals surface area contributed by atoms with Crippen LogP contribution < -0.4 is 5.32 Å². The van der Waals surface area contributed by atoms with Gasteiger partial charge in [-0.05, 0) is 54.7 Å². The molecular formula is C18H18ClF3N2S2. The summed E-state index contributed by atoms with van der Waals surface area (Å²) in [7, 11) is 0. The largest absolute Gasteiger partial charge is 0.417 e. The molecule has 0 atom stereocenters. The molecular weight excluding hydrogens is 401 g/mol. The third kappa shape index (κ3) is 4.69. The standard InChI is InChI=1S/C18H18ClF3N2S2/c19-16-10-12(7-8-15(16)18(20,21)22)23-17(25)24(13-4-1-2-5-13)11-14-6-3-9-26-14/h3,6-10,13H,1-2,4-5,11H2,(H,23,25). The van der Waals surface area contributed by atoms with E-state index >= 15 is 0 Å². The van der Waals surface area contributed by atoms with Crippen LogP contribution in [0.2, 0.25) is 5.02 Å². The smallest absolute Gasteiger partial charge is 0.341 e. The van der Waals surface area contributed by atoms with Crippen molar-refractivity contribution in [3.8, 4) is 0 Å². The molecule has 0 saturated heterocycles. The fourth-order valence-electron chi connectivity index (χ4n) is 3.17. The Morgan fingerprint density at radius 1 is 1.27 bits per heavy atom. The Bertz CT molecular complexity index is 756. The molecule has 1 aromatic carbocycles. The van der Waals surface area contributed by atoms with Crippen LogP contribution in [0.5, 0.6) is 0 Å². The van der Waals surface area contributed by atoms with Crippen LogP contribution in [-0.4, -0.2) is 16.1 Å². The summed E-state index contributed by atoms with van der Waals surface area (Å²) in [5.74, 6) is 0. The van der Waals surface area contributed by atoms with Crippen LogP contribution in [0, 0.1) is 0 Å². The van der Waals surface area contributed by atoms with Crippen molar-refractivity contribution < 1.29 is 13.2 Å². The molecule has 1 heterocycles. The Balaban J connectivity index is 1.75. The monoisotopic (exact) mass is 418 g/mol. The third-order valence-corrected chi connectivity index (χ3v) is 5.97. The lowest BCUT2D eigenvalue weighted by atomic mass is 10.2. The van der Waals surface area contributed by atoms with E-state index in [2.05, 4.69) is 16.3 Å². The molecule has 1 aliphatic carbocycles. The van der Waals surface area contributed by atoms with Crippen molar-refractivity contribution in [1.29, 1.82) is 0 Å². The van der Waals surface area contributed by atoms with Crippen LogP contribution in [0.1, 0.15) is 36.1 Å². The highest BCUT2D eigenvalue weighted by atomic mass is 35.5. The molecule has 1 saturated carbocycles. The SMILES string of the molecule is FC(F)(F)c1ccc(NC(=S)N(Cc2cccs2)C2CCCC2)cc1Cl. The van der Waals surface area contributed by atoms with Crippen LogP contribution in [0.15, 0.2) is 35.7 Å². The van der Waals surface area contributed by atoms with Crippen molar-refractivity contribution in [1.82, 2.24) is 4.90 Å². The Kier molecular flexibility index (Phi) is 6.10. The molecule has 140 valence electrons. The molecule has 8 heteroatoms. The second-order valence-electron chi connectivity index (χ2n) is 6.27. The number of thiophene rings is 1. The normalized spacial score (nSPS) is 15.2. The zero-order chi connectivity index (χ0) is 18.7. The topological polar surface area (TPSA) is 15.3 Å². The van der Waals surface area contributed by atoms with E-state index in [1.807, 2.05) is 11.4 Å². The number of thiocarbonyl (C=S) groups is 1. The minimum absolute atomic E-state index is 0.337. The predicted octanol–water partition coefficient (Wildman–Crippen LogP) is 6.56. The lowest BCUT2D eigenvalue weighted by molar-refractivity contribution is -0.137. The minimum Gasteiger partial charge on any atom is -0.341 e. The number of alkyl halides is 3. The van der Waals surface area contributed by atoms with Gasteiger partial charge in [0.25, 0.3) is 0 Å². The molecule has 1 N–H and O–H groups in total. The maximum Gasteiger partial charge on any atom is 0.417 e. The van der Waals surface area contributed by atoms with Gasteiger partial charge in [-0.3, -0.25) is 0 Å². The molecule has 0 bridgehead atoms. The number of anilines is 1. The summed E-state index contributed by atoms with van der Waals surface area (Å²) in [4.78, 5) is 3.34. The Morgan fingerprint density at radius 3 is 2.58 bits per heavy atom. The number of nitrogens with zero attached hydrogens (tertiary/aromatic N) is 1. The Morgan fingerprint density at radius 2 is 2.00 bits per heavy atom. The van der Waals surface area contributed by atoms with Gasteiger partial charge in [-0.25, -0.2) is 0 Å². The average Bonchev–Trinajstić information content (AvgIpc) is 3.25. The Labute approximate surface area is 165 Å². The van der Waals surface area contributed by atoms with Crippen molar-refractivity contribution in [3.05, 3.63) is 51.2 Å². The van der Waals surface area contributed by atoms with E-state index in [0.29, 0.717) is 23.4 Å². The molecule has 0 radical (unpaired) electrons. The lowest BCUT2D eigenvalue weighted by Crippen LogP contribution is -2.40. The first-order valence-electron chi connectivity index (χ1n) is 8.31. The number of nitrogens with one attached hydrogen (secondary N) is 1. The third-order valence-electron chi connectivity index (χ3n) is 4.46. The number of hydrogen-bond donors (Lipinski definition) is 1. The molecule has 2 aromatic rings. The Hall–Kier alpha value is -1.31. The highest BCUT2D eigenvalue weighted by Gasteiger charge is 2.33. The van der Waals surface area contributed by atoms with E-state index in [-0.39, 0.29) is 5.02 Å². The van der Waals surface area contributed by atoms with Gasteiger partial charge in [0.05, 0.1) is 17.1 Å². The van der Waals surface area contributed by atoms with Crippen LogP contribution in [0.25, 0.3) is 0 Å². The summed E-state index contributed by atoms with van der Waals surface area (Å²) >= 11 is 13.0. The number of halogens is 4. The van der Waals surface area contributed by atoms with Gasteiger partial charge in [0.1, 0.15) is 0 Å². The summed E-state index contributed by atoms with van der Waals surface area (Å²) in [5, 5.41) is 5.26. The van der Waals surface area contributed by atoms with E-state index in [9.17, 15) is 13.2 Å². The molecule has 1 aliphatic rings. The molecule has 3 rings (SSSR count). The van der Waals surface area contributed by atoms with Crippen molar-refractivity contribution in [2.24, 2.45) is 0 Å². The van der Waals surface area contributed by atoms with Gasteiger partial charge < -0.3 is 10.2 Å². The van der Waals surface area contributed by atoms with Crippen molar-refractivity contribution >= 4 is 46.0 Å². The van der Waals surface area contributed by atoms with Gasteiger partial charge >= 0.3 is 6.18 Å². The molecule has 0 amide bonds. The van der Waals surface area contributed by atoms with Crippen molar-refractivity contribution in [3.63, 3.8) is 0 Å². The number of hydrogen-bond acceptors (Lipinski definition) is 2. The van der Waals surface area contributed by atoms with Gasteiger partial charge in [-0.15, -0.1) is 11.3 Å². The second-order valence-corrected chi connectivity index (χ2v) is 8.09. The van der Waals surface area contributed by atoms with Gasteiger partial charge in [0, 0.05) is 16.6 Å². The van der Waals surface area contributed by atoms with Crippen LogP contribution in [-0.2, 0) is 12.7 Å². The van der Waals surface area contributed by atoms with Gasteiger partial charge in [-0.1, -0.05) is 30.5 Å². The summed E-state index contributed by atoms with van der Waals surface area (Å²) in [6.07, 6.45) is 0.00770. The average molecular weight is 419 g/mol. The molecule has 0 spiro atoms. The summed E-state index contributed by atoms with van der Waals surface area (Å²) in [5.41, 5.74) is -0.385. The van der Waals surface area contributed by atoms with E-state index < -0.39 is 11.7 Å². The van der Waals surface area contributed by atoms with Gasteiger partial charge in [0.2, 0.25) is 0 Å². The van der Waals surface area contributed by atoms with E-state index in [0.717, 1.165) is 18.9 Å². The number of benzene rings is 1. The molecule has 0 unspecified atom stereocenters. The van der Waals surface area contributed by atoms with Crippen LogP contribution >= 0.6 is 35.2 Å². The zero-order valence-electron chi connectivity index (χ0n) is 13.9. The highest BCUT2D eigenvalue weighted by molar-refractivity contribution is 7.80. The second kappa shape index (κ2) is 8.15. The van der Waals surface area contributed by atoms with E-state index in [4.69, 9.17) is 23.8 Å². The summed E-state index contributed by atoms with van der Waals surface area (Å²) in [6.45, 7) is 0.697. The first-order chi connectivity index (χ1) is 12.3. The van der Waals surface area contributed by atoms with Gasteiger partial charge in [0.15, 0.2) is 5.11 Å². The van der Waals surface area contributed by atoms with Crippen molar-refractivity contribution in [2.75, 3.05) is 5.32 Å². The fourth-order valence-corrected chi connectivity index (χ4v) is 4.49. The first-order valence-corrected chi connectivity index (χ1v) is 9.98. The summed E-state index contributed by atoms with van der Waals surface area (Å²) < 4.78 is 38.5. The first kappa shape index (κ1) is 19.5. The van der Waals surface area contributed by atoms with Crippen LogP contribution in [0.4, 0.5) is 18.9 Å². The molecule has 26 heavy (non-hydrogen) atoms. The molecule has 0 aliphatic heterocycles. The predicted molar refractivity (Wildman–Crippen MR) is 105 cm³/mol. The maximum absolute atomic E-state index is 12.8. The summed E-state index contributed by atoms with van der Waals surface area (Å²) in [6, 6.07) is 8.02. The lowest BCUT2D eigenvalue weighted by Gasteiger charge is -2.31. The minimum atomic E-state index is -4.47. The van der Waals surface area contributed by atoms with Crippen LogP contribution in [0.3, 0.4) is 0 Å². The maximum atomic E-state index is 12.8. The molecule has 1 fully saturated rings. The van der Waals surface area contributed by atoms with E-state index in [1.165, 1.54) is 29.9 Å². The fraction of sp³-hybridized carbons (Fsp3) is 0.389. The highest BCUT2D eigenvalue weighted by Crippen LogP contribution is 2.36. The molecule has 1 aromatic heterocycles. The quantitative estimate of drug-likeness (QED) is 0.566.